The molecule has 4 heterocycles. The molecule has 0 radical (unpaired) electrons. The fraction of sp³-hybridized carbons (Fsp3) is 0. The van der Waals surface area contributed by atoms with E-state index in [1.807, 2.05) is 84.9 Å². The van der Waals surface area contributed by atoms with E-state index in [1.165, 1.54) is 0 Å². The molecule has 0 saturated heterocycles. The van der Waals surface area contributed by atoms with E-state index in [-0.39, 0.29) is 21.1 Å². The van der Waals surface area contributed by atoms with Crippen LogP contribution in [0.1, 0.15) is 0 Å². The number of aromatic nitrogens is 2. The molecule has 0 bridgehead atoms. The van der Waals surface area contributed by atoms with Crippen molar-refractivity contribution in [2.45, 2.75) is 0 Å². The summed E-state index contributed by atoms with van der Waals surface area (Å²) in [7, 11) is 0. The Kier molecular flexibility index (Phi) is 4.63. The van der Waals surface area contributed by atoms with E-state index in [1.54, 1.807) is 0 Å². The van der Waals surface area contributed by atoms with Crippen molar-refractivity contribution >= 4 is 44.1 Å². The van der Waals surface area contributed by atoms with Gasteiger partial charge in [0.15, 0.2) is 11.2 Å². The molecule has 0 aliphatic carbocycles. The average molecular weight is 606 g/mol. The van der Waals surface area contributed by atoms with Crippen molar-refractivity contribution in [3.05, 3.63) is 97.1 Å². The Morgan fingerprint density at radius 2 is 0.970 bits per heavy atom. The second kappa shape index (κ2) is 7.68. The van der Waals surface area contributed by atoms with E-state index in [0.717, 1.165) is 66.7 Å². The number of pyridine rings is 2. The fourth-order valence-corrected chi connectivity index (χ4v) is 4.26. The first-order valence-corrected chi connectivity index (χ1v) is 10.3. The molecule has 158 valence electrons. The first-order chi connectivity index (χ1) is 15.8. The van der Waals surface area contributed by atoms with Crippen LogP contribution in [0.2, 0.25) is 0 Å². The molecule has 0 N–H and O–H groups in total. The topological polar surface area (TPSA) is 52.1 Å². The Bertz CT molecular complexity index is 1640. The Morgan fingerprint density at radius 3 is 1.39 bits per heavy atom. The largest absolute Gasteiger partial charge is 2.00 e. The molecule has 0 spiro atoms. The van der Waals surface area contributed by atoms with E-state index >= 15 is 0 Å². The van der Waals surface area contributed by atoms with Gasteiger partial charge >= 0.3 is 21.1 Å². The molecule has 0 aliphatic rings. The number of hydrogen-bond donors (Lipinski definition) is 0. The van der Waals surface area contributed by atoms with E-state index in [9.17, 15) is 0 Å². The minimum Gasteiger partial charge on any atom is -0.454 e. The minimum absolute atomic E-state index is 0. The molecule has 3 aromatic carbocycles. The summed E-state index contributed by atoms with van der Waals surface area (Å²) in [5.41, 5.74) is 8.13. The van der Waals surface area contributed by atoms with Gasteiger partial charge in [-0.1, -0.05) is 12.1 Å². The summed E-state index contributed by atoms with van der Waals surface area (Å²) in [5.74, 6) is 0. The van der Waals surface area contributed by atoms with Crippen LogP contribution >= 0.6 is 0 Å². The summed E-state index contributed by atoms with van der Waals surface area (Å²) in [6.07, 6.45) is 0. The summed E-state index contributed by atoms with van der Waals surface area (Å²) in [5, 5.41) is 1.83. The monoisotopic (exact) mass is 605 g/mol. The summed E-state index contributed by atoms with van der Waals surface area (Å²) in [6, 6.07) is 33.9. The first-order valence-electron chi connectivity index (χ1n) is 10.3. The molecule has 4 nitrogen and oxygen atoms in total. The number of hydrogen-bond acceptors (Lipinski definition) is 4. The zero-order chi connectivity index (χ0) is 21.1. The molecule has 0 fully saturated rings. The number of furan rings is 2. The van der Waals surface area contributed by atoms with Gasteiger partial charge in [0.05, 0.1) is 10.8 Å². The summed E-state index contributed by atoms with van der Waals surface area (Å²) in [4.78, 5) is 9.90. The van der Waals surface area contributed by atoms with Crippen molar-refractivity contribution in [3.63, 3.8) is 0 Å². The van der Waals surface area contributed by atoms with E-state index < -0.39 is 0 Å². The third kappa shape index (κ3) is 3.10. The van der Waals surface area contributed by atoms with Crippen molar-refractivity contribution in [3.8, 4) is 22.5 Å². The molecule has 0 unspecified atom stereocenters. The molecule has 0 aliphatic heterocycles. The van der Waals surface area contributed by atoms with Gasteiger partial charge in [-0.2, -0.15) is 0 Å². The van der Waals surface area contributed by atoms with Gasteiger partial charge in [0.25, 0.3) is 0 Å². The number of nitrogens with zero attached hydrogens (tertiary/aromatic N) is 2. The van der Waals surface area contributed by atoms with Crippen LogP contribution in [0.3, 0.4) is 0 Å². The average Bonchev–Trinajstić information content (AvgIpc) is 3.42. The summed E-state index contributed by atoms with van der Waals surface area (Å²) < 4.78 is 12.3. The zero-order valence-electron chi connectivity index (χ0n) is 17.1. The third-order valence-electron chi connectivity index (χ3n) is 5.73. The summed E-state index contributed by atoms with van der Waals surface area (Å²) in [6.45, 7) is 0. The predicted octanol–water partition coefficient (Wildman–Crippen LogP) is 7.21. The Labute approximate surface area is 203 Å². The Balaban J connectivity index is 0.00000206. The van der Waals surface area contributed by atoms with Crippen molar-refractivity contribution in [2.75, 3.05) is 0 Å². The zero-order valence-corrected chi connectivity index (χ0v) is 19.4. The smallest absolute Gasteiger partial charge is 0.454 e. The maximum absolute atomic E-state index is 6.14. The molecule has 4 aromatic heterocycles. The molecular formula is C28H14N2O2Pt. The van der Waals surface area contributed by atoms with Gasteiger partial charge in [-0.15, -0.1) is 71.8 Å². The second-order valence-corrected chi connectivity index (χ2v) is 7.65. The van der Waals surface area contributed by atoms with Crippen LogP contribution in [0, 0.1) is 12.1 Å². The van der Waals surface area contributed by atoms with Crippen LogP contribution in [0.5, 0.6) is 0 Å². The molecule has 0 amide bonds. The van der Waals surface area contributed by atoms with Gasteiger partial charge < -0.3 is 8.83 Å². The van der Waals surface area contributed by atoms with Crippen LogP contribution in [0.25, 0.3) is 66.7 Å². The van der Waals surface area contributed by atoms with E-state index in [2.05, 4.69) is 12.1 Å². The van der Waals surface area contributed by atoms with Gasteiger partial charge in [0.1, 0.15) is 22.2 Å². The Morgan fingerprint density at radius 1 is 0.515 bits per heavy atom. The molecule has 0 saturated carbocycles. The first kappa shape index (κ1) is 19.9. The predicted molar refractivity (Wildman–Crippen MR) is 125 cm³/mol. The molecule has 7 aromatic rings. The number of benzene rings is 3. The second-order valence-electron chi connectivity index (χ2n) is 7.65. The van der Waals surface area contributed by atoms with Crippen LogP contribution in [0.15, 0.2) is 93.8 Å². The normalized spacial score (nSPS) is 11.4. The van der Waals surface area contributed by atoms with E-state index in [0.29, 0.717) is 0 Å². The van der Waals surface area contributed by atoms with Crippen molar-refractivity contribution < 1.29 is 29.9 Å². The van der Waals surface area contributed by atoms with Gasteiger partial charge in [-0.3, -0.25) is 9.97 Å². The van der Waals surface area contributed by atoms with Crippen LogP contribution in [-0.2, 0) is 21.1 Å². The van der Waals surface area contributed by atoms with Gasteiger partial charge in [0, 0.05) is 0 Å². The quantitative estimate of drug-likeness (QED) is 0.196. The molecule has 7 rings (SSSR count). The minimum atomic E-state index is 0. The maximum Gasteiger partial charge on any atom is 2.00 e. The fourth-order valence-electron chi connectivity index (χ4n) is 4.26. The van der Waals surface area contributed by atoms with Crippen molar-refractivity contribution in [1.82, 2.24) is 9.97 Å². The molecule has 0 atom stereocenters. The van der Waals surface area contributed by atoms with Crippen molar-refractivity contribution in [1.29, 1.82) is 0 Å². The summed E-state index contributed by atoms with van der Waals surface area (Å²) >= 11 is 0. The van der Waals surface area contributed by atoms with Gasteiger partial charge in [-0.25, -0.2) is 0 Å². The molecule has 33 heavy (non-hydrogen) atoms. The standard InChI is InChI=1S/C28H14N2O2.Pt/c1-3-7-17(8-4-1)19-11-13-23-27(29-19)25-21(31-23)15-16-22-26(25)28-24(32-22)14-12-20(30-28)18-9-5-2-6-10-18;/h1-7,9,11-16H;/q-2;+2. The molecule has 5 heteroatoms. The van der Waals surface area contributed by atoms with Crippen LogP contribution in [-0.4, -0.2) is 9.97 Å². The van der Waals surface area contributed by atoms with Crippen LogP contribution in [0.4, 0.5) is 0 Å². The molecular weight excluding hydrogens is 591 g/mol. The third-order valence-corrected chi connectivity index (χ3v) is 5.73. The van der Waals surface area contributed by atoms with Crippen molar-refractivity contribution in [2.24, 2.45) is 0 Å². The Hall–Kier alpha value is -3.75. The maximum atomic E-state index is 6.14. The van der Waals surface area contributed by atoms with E-state index in [4.69, 9.17) is 18.8 Å². The van der Waals surface area contributed by atoms with Gasteiger partial charge in [0.2, 0.25) is 0 Å². The number of fused-ring (bicyclic) bond motifs is 7. The van der Waals surface area contributed by atoms with Crippen LogP contribution < -0.4 is 0 Å². The number of rotatable bonds is 2. The van der Waals surface area contributed by atoms with Gasteiger partial charge in [-0.05, 0) is 35.7 Å². The SMILES string of the molecule is [Pt+2].[c-]1ccccc1-c1ccc2oc3ccc4oc5ccc(-c6[c-]cccc6)nc5c4c3c2n1.